The molecule has 0 unspecified atom stereocenters. The Hall–Kier alpha value is -1.95. The van der Waals surface area contributed by atoms with Gasteiger partial charge in [0, 0.05) is 11.0 Å². The maximum Gasteiger partial charge on any atom is 0.299 e. The SMILES string of the molecule is CCn1nc(C)cc1CN1C(=O)C(=O)c2c(Br)cccc21. The van der Waals surface area contributed by atoms with E-state index in [2.05, 4.69) is 21.0 Å². The number of rotatable bonds is 3. The van der Waals surface area contributed by atoms with Gasteiger partial charge in [-0.05, 0) is 48.0 Å². The maximum absolute atomic E-state index is 12.3. The Bertz CT molecular complexity index is 751. The van der Waals surface area contributed by atoms with Gasteiger partial charge in [0.1, 0.15) is 0 Å². The molecule has 6 heteroatoms. The summed E-state index contributed by atoms with van der Waals surface area (Å²) in [5.74, 6) is -0.949. The Labute approximate surface area is 130 Å². The molecule has 0 saturated carbocycles. The van der Waals surface area contributed by atoms with Crippen LogP contribution in [0.4, 0.5) is 5.69 Å². The van der Waals surface area contributed by atoms with Gasteiger partial charge in [-0.1, -0.05) is 6.07 Å². The van der Waals surface area contributed by atoms with Crippen molar-refractivity contribution in [2.75, 3.05) is 4.90 Å². The zero-order valence-electron chi connectivity index (χ0n) is 11.8. The largest absolute Gasteiger partial charge is 0.299 e. The first-order chi connectivity index (χ1) is 10.0. The summed E-state index contributed by atoms with van der Waals surface area (Å²) in [5, 5.41) is 4.37. The smallest absolute Gasteiger partial charge is 0.299 e. The fourth-order valence-electron chi connectivity index (χ4n) is 2.62. The second kappa shape index (κ2) is 5.11. The fraction of sp³-hybridized carbons (Fsp3) is 0.267. The van der Waals surface area contributed by atoms with Crippen molar-refractivity contribution in [1.29, 1.82) is 0 Å². The lowest BCUT2D eigenvalue weighted by atomic mass is 10.1. The number of Topliss-reactive ketones (excluding diaryl/α,β-unsaturated/α-hetero) is 1. The van der Waals surface area contributed by atoms with Crippen molar-refractivity contribution in [3.63, 3.8) is 0 Å². The predicted octanol–water partition coefficient (Wildman–Crippen LogP) is 2.70. The zero-order chi connectivity index (χ0) is 15.1. The molecule has 2 heterocycles. The minimum Gasteiger partial charge on any atom is -0.299 e. The third-order valence-corrected chi connectivity index (χ3v) is 4.21. The molecular formula is C15H14BrN3O2. The molecule has 0 fully saturated rings. The number of amides is 1. The van der Waals surface area contributed by atoms with E-state index >= 15 is 0 Å². The van der Waals surface area contributed by atoms with Crippen LogP contribution >= 0.6 is 15.9 Å². The number of halogens is 1. The standard InChI is InChI=1S/C15H14BrN3O2/c1-3-19-10(7-9(2)17-19)8-18-12-6-4-5-11(16)13(12)14(20)15(18)21/h4-7H,3,8H2,1-2H3. The quantitative estimate of drug-likeness (QED) is 0.802. The van der Waals surface area contributed by atoms with Gasteiger partial charge in [0.25, 0.3) is 11.7 Å². The summed E-state index contributed by atoms with van der Waals surface area (Å²) >= 11 is 3.34. The monoisotopic (exact) mass is 347 g/mol. The first-order valence-corrected chi connectivity index (χ1v) is 7.50. The summed E-state index contributed by atoms with van der Waals surface area (Å²) in [5.41, 5.74) is 2.92. The van der Waals surface area contributed by atoms with Crippen LogP contribution in [0.25, 0.3) is 0 Å². The normalized spacial score (nSPS) is 14.0. The number of hydrogen-bond donors (Lipinski definition) is 0. The molecule has 0 saturated heterocycles. The lowest BCUT2D eigenvalue weighted by Gasteiger charge is -2.17. The highest BCUT2D eigenvalue weighted by molar-refractivity contribution is 9.10. The van der Waals surface area contributed by atoms with E-state index < -0.39 is 11.7 Å². The van der Waals surface area contributed by atoms with E-state index in [9.17, 15) is 9.59 Å². The van der Waals surface area contributed by atoms with Crippen LogP contribution in [0.1, 0.15) is 28.7 Å². The highest BCUT2D eigenvalue weighted by Gasteiger charge is 2.37. The molecule has 1 aliphatic rings. The number of aromatic nitrogens is 2. The van der Waals surface area contributed by atoms with Crippen LogP contribution in [0.2, 0.25) is 0 Å². The van der Waals surface area contributed by atoms with Crippen molar-refractivity contribution < 1.29 is 9.59 Å². The second-order valence-electron chi connectivity index (χ2n) is 4.95. The maximum atomic E-state index is 12.3. The molecule has 3 rings (SSSR count). The van der Waals surface area contributed by atoms with E-state index in [1.165, 1.54) is 4.90 Å². The average Bonchev–Trinajstić information content (AvgIpc) is 2.93. The van der Waals surface area contributed by atoms with Crippen molar-refractivity contribution in [1.82, 2.24) is 9.78 Å². The summed E-state index contributed by atoms with van der Waals surface area (Å²) in [6, 6.07) is 7.33. The van der Waals surface area contributed by atoms with Crippen LogP contribution in [-0.4, -0.2) is 21.5 Å². The van der Waals surface area contributed by atoms with Gasteiger partial charge in [-0.25, -0.2) is 0 Å². The first kappa shape index (κ1) is 14.0. The molecular weight excluding hydrogens is 334 g/mol. The van der Waals surface area contributed by atoms with Gasteiger partial charge in [-0.15, -0.1) is 0 Å². The molecule has 21 heavy (non-hydrogen) atoms. The third kappa shape index (κ3) is 2.19. The van der Waals surface area contributed by atoms with E-state index in [-0.39, 0.29) is 0 Å². The summed E-state index contributed by atoms with van der Waals surface area (Å²) in [7, 11) is 0. The number of nitrogens with zero attached hydrogens (tertiary/aromatic N) is 3. The minimum absolute atomic E-state index is 0.350. The van der Waals surface area contributed by atoms with Crippen molar-refractivity contribution >= 4 is 33.3 Å². The number of ketones is 1. The summed E-state index contributed by atoms with van der Waals surface area (Å²) < 4.78 is 2.50. The Kier molecular flexibility index (Phi) is 3.41. The molecule has 1 amide bonds. The number of carbonyl (C=O) groups excluding carboxylic acids is 2. The lowest BCUT2D eigenvalue weighted by molar-refractivity contribution is -0.114. The van der Waals surface area contributed by atoms with Crippen LogP contribution < -0.4 is 4.90 Å². The molecule has 0 spiro atoms. The van der Waals surface area contributed by atoms with E-state index in [0.717, 1.165) is 17.9 Å². The molecule has 1 aromatic carbocycles. The second-order valence-corrected chi connectivity index (χ2v) is 5.80. The van der Waals surface area contributed by atoms with Crippen LogP contribution in [-0.2, 0) is 17.9 Å². The number of benzene rings is 1. The Morgan fingerprint density at radius 2 is 2.05 bits per heavy atom. The highest BCUT2D eigenvalue weighted by atomic mass is 79.9. The number of hydrogen-bond acceptors (Lipinski definition) is 3. The van der Waals surface area contributed by atoms with Crippen LogP contribution in [0, 0.1) is 6.92 Å². The van der Waals surface area contributed by atoms with Gasteiger partial charge in [0.05, 0.1) is 29.2 Å². The van der Waals surface area contributed by atoms with Crippen LogP contribution in [0.15, 0.2) is 28.7 Å². The Morgan fingerprint density at radius 1 is 1.29 bits per heavy atom. The van der Waals surface area contributed by atoms with Crippen molar-refractivity contribution in [3.8, 4) is 0 Å². The first-order valence-electron chi connectivity index (χ1n) is 6.71. The van der Waals surface area contributed by atoms with E-state index in [1.807, 2.05) is 30.7 Å². The van der Waals surface area contributed by atoms with E-state index in [1.54, 1.807) is 12.1 Å². The molecule has 108 valence electrons. The lowest BCUT2D eigenvalue weighted by Crippen LogP contribution is -2.30. The number of carbonyl (C=O) groups is 2. The summed E-state index contributed by atoms with van der Waals surface area (Å²) in [4.78, 5) is 25.9. The molecule has 0 radical (unpaired) electrons. The van der Waals surface area contributed by atoms with Gasteiger partial charge >= 0.3 is 0 Å². The van der Waals surface area contributed by atoms with Crippen molar-refractivity contribution in [3.05, 3.63) is 45.7 Å². The molecule has 1 aromatic heterocycles. The fourth-order valence-corrected chi connectivity index (χ4v) is 3.16. The molecule has 2 aromatic rings. The highest BCUT2D eigenvalue weighted by Crippen LogP contribution is 2.35. The van der Waals surface area contributed by atoms with E-state index in [4.69, 9.17) is 0 Å². The van der Waals surface area contributed by atoms with Crippen molar-refractivity contribution in [2.24, 2.45) is 0 Å². The number of fused-ring (bicyclic) bond motifs is 1. The van der Waals surface area contributed by atoms with Gasteiger partial charge in [0.2, 0.25) is 0 Å². The predicted molar refractivity (Wildman–Crippen MR) is 82.3 cm³/mol. The third-order valence-electron chi connectivity index (χ3n) is 3.55. The van der Waals surface area contributed by atoms with Gasteiger partial charge in [0.15, 0.2) is 0 Å². The number of aryl methyl sites for hydroxylation is 2. The molecule has 0 aliphatic carbocycles. The summed E-state index contributed by atoms with van der Waals surface area (Å²) in [6.45, 7) is 4.99. The summed E-state index contributed by atoms with van der Waals surface area (Å²) in [6.07, 6.45) is 0. The molecule has 5 nitrogen and oxygen atoms in total. The molecule has 0 N–H and O–H groups in total. The van der Waals surface area contributed by atoms with Crippen LogP contribution in [0.3, 0.4) is 0 Å². The topological polar surface area (TPSA) is 55.2 Å². The Balaban J connectivity index is 2.02. The van der Waals surface area contributed by atoms with Gasteiger partial charge in [-0.3, -0.25) is 19.2 Å². The zero-order valence-corrected chi connectivity index (χ0v) is 13.3. The van der Waals surface area contributed by atoms with Gasteiger partial charge in [-0.2, -0.15) is 5.10 Å². The van der Waals surface area contributed by atoms with Crippen molar-refractivity contribution in [2.45, 2.75) is 26.9 Å². The van der Waals surface area contributed by atoms with Crippen LogP contribution in [0.5, 0.6) is 0 Å². The molecule has 0 atom stereocenters. The Morgan fingerprint density at radius 3 is 2.76 bits per heavy atom. The van der Waals surface area contributed by atoms with Gasteiger partial charge < -0.3 is 0 Å². The average molecular weight is 348 g/mol. The minimum atomic E-state index is -0.488. The van der Waals surface area contributed by atoms with E-state index in [0.29, 0.717) is 22.3 Å². The molecule has 1 aliphatic heterocycles. The number of anilines is 1. The molecule has 0 bridgehead atoms.